The zero-order chi connectivity index (χ0) is 16.4. The lowest BCUT2D eigenvalue weighted by molar-refractivity contribution is -0.139. The van der Waals surface area contributed by atoms with Crippen LogP contribution in [0.25, 0.3) is 0 Å². The molecule has 1 aromatic rings. The van der Waals surface area contributed by atoms with Crippen LogP contribution in [0.15, 0.2) is 24.3 Å². The lowest BCUT2D eigenvalue weighted by Gasteiger charge is -2.35. The molecule has 2 amide bonds. The monoisotopic (exact) mass is 314 g/mol. The molecule has 0 saturated carbocycles. The number of benzene rings is 1. The molecular weight excluding hydrogens is 288 g/mol. The van der Waals surface area contributed by atoms with Gasteiger partial charge in [0.2, 0.25) is 11.8 Å². The van der Waals surface area contributed by atoms with Crippen LogP contribution < -0.4 is 4.90 Å². The molecule has 4 nitrogen and oxygen atoms in total. The molecule has 2 saturated heterocycles. The fraction of sp³-hybridized carbons (Fsp3) is 0.579. The number of rotatable bonds is 3. The summed E-state index contributed by atoms with van der Waals surface area (Å²) >= 11 is 0. The van der Waals surface area contributed by atoms with E-state index in [1.165, 1.54) is 12.0 Å². The normalized spacial score (nSPS) is 25.0. The van der Waals surface area contributed by atoms with Crippen molar-refractivity contribution in [3.63, 3.8) is 0 Å². The third kappa shape index (κ3) is 3.26. The van der Waals surface area contributed by atoms with Crippen LogP contribution in [0.1, 0.15) is 45.1 Å². The standard InChI is InChI=1S/C19H26N2O2/c1-3-15-7-9-17(10-8-15)21-13-16(12-18(21)22)19(23)20-11-5-4-6-14(20)2/h7-10,14,16H,3-6,11-13H2,1-2H3/t14-,16+/m0/s1. The molecule has 0 unspecified atom stereocenters. The van der Waals surface area contributed by atoms with Gasteiger partial charge in [0.15, 0.2) is 0 Å². The first-order valence-electron chi connectivity index (χ1n) is 8.80. The smallest absolute Gasteiger partial charge is 0.228 e. The minimum absolute atomic E-state index is 0.0669. The first kappa shape index (κ1) is 16.0. The van der Waals surface area contributed by atoms with E-state index >= 15 is 0 Å². The molecule has 0 N–H and O–H groups in total. The van der Waals surface area contributed by atoms with Crippen molar-refractivity contribution in [2.24, 2.45) is 5.92 Å². The molecule has 0 bridgehead atoms. The van der Waals surface area contributed by atoms with E-state index < -0.39 is 0 Å². The third-order valence-electron chi connectivity index (χ3n) is 5.22. The predicted octanol–water partition coefficient (Wildman–Crippen LogP) is 3.00. The van der Waals surface area contributed by atoms with Gasteiger partial charge in [0, 0.05) is 31.2 Å². The van der Waals surface area contributed by atoms with E-state index in [1.54, 1.807) is 4.90 Å². The van der Waals surface area contributed by atoms with Gasteiger partial charge in [-0.15, -0.1) is 0 Å². The Balaban J connectivity index is 1.70. The lowest BCUT2D eigenvalue weighted by Crippen LogP contribution is -2.45. The Labute approximate surface area is 138 Å². The van der Waals surface area contributed by atoms with Crippen LogP contribution in [0.5, 0.6) is 0 Å². The minimum atomic E-state index is -0.186. The van der Waals surface area contributed by atoms with E-state index in [0.717, 1.165) is 31.5 Å². The second-order valence-corrected chi connectivity index (χ2v) is 6.80. The zero-order valence-electron chi connectivity index (χ0n) is 14.1. The highest BCUT2D eigenvalue weighted by Gasteiger charge is 2.38. The number of hydrogen-bond donors (Lipinski definition) is 0. The maximum Gasteiger partial charge on any atom is 0.228 e. The zero-order valence-corrected chi connectivity index (χ0v) is 14.1. The molecule has 0 radical (unpaired) electrons. The Kier molecular flexibility index (Phi) is 4.69. The maximum atomic E-state index is 12.8. The Morgan fingerprint density at radius 2 is 1.96 bits per heavy atom. The van der Waals surface area contributed by atoms with E-state index in [9.17, 15) is 9.59 Å². The van der Waals surface area contributed by atoms with E-state index in [0.29, 0.717) is 19.0 Å². The highest BCUT2D eigenvalue weighted by atomic mass is 16.2. The van der Waals surface area contributed by atoms with Crippen molar-refractivity contribution in [1.29, 1.82) is 0 Å². The van der Waals surface area contributed by atoms with Crippen LogP contribution in [0.4, 0.5) is 5.69 Å². The number of aryl methyl sites for hydroxylation is 1. The van der Waals surface area contributed by atoms with Crippen LogP contribution in [0, 0.1) is 5.92 Å². The maximum absolute atomic E-state index is 12.8. The SMILES string of the molecule is CCc1ccc(N2C[C@H](C(=O)N3CCCC[C@@H]3C)CC2=O)cc1. The molecule has 3 rings (SSSR count). The van der Waals surface area contributed by atoms with Gasteiger partial charge in [-0.1, -0.05) is 19.1 Å². The number of anilines is 1. The molecule has 2 heterocycles. The average Bonchev–Trinajstić information content (AvgIpc) is 2.96. The van der Waals surface area contributed by atoms with Gasteiger partial charge in [0.25, 0.3) is 0 Å². The molecule has 0 aliphatic carbocycles. The third-order valence-corrected chi connectivity index (χ3v) is 5.22. The van der Waals surface area contributed by atoms with Gasteiger partial charge in [-0.05, 0) is 50.3 Å². The second kappa shape index (κ2) is 6.73. The van der Waals surface area contributed by atoms with Gasteiger partial charge < -0.3 is 9.80 Å². The van der Waals surface area contributed by atoms with Crippen molar-refractivity contribution < 1.29 is 9.59 Å². The van der Waals surface area contributed by atoms with E-state index in [-0.39, 0.29) is 17.7 Å². The summed E-state index contributed by atoms with van der Waals surface area (Å²) in [5.74, 6) is 0.0457. The number of amides is 2. The predicted molar refractivity (Wildman–Crippen MR) is 91.3 cm³/mol. The van der Waals surface area contributed by atoms with Gasteiger partial charge in [0.1, 0.15) is 0 Å². The molecule has 0 aromatic heterocycles. The fourth-order valence-electron chi connectivity index (χ4n) is 3.69. The molecule has 0 spiro atoms. The summed E-state index contributed by atoms with van der Waals surface area (Å²) in [5.41, 5.74) is 2.17. The minimum Gasteiger partial charge on any atom is -0.340 e. The molecule has 1 aromatic carbocycles. The van der Waals surface area contributed by atoms with Crippen molar-refractivity contribution in [3.8, 4) is 0 Å². The van der Waals surface area contributed by atoms with Crippen molar-refractivity contribution >= 4 is 17.5 Å². The highest BCUT2D eigenvalue weighted by Crippen LogP contribution is 2.28. The van der Waals surface area contributed by atoms with Gasteiger partial charge in [-0.25, -0.2) is 0 Å². The van der Waals surface area contributed by atoms with Crippen LogP contribution in [-0.2, 0) is 16.0 Å². The molecule has 4 heteroatoms. The van der Waals surface area contributed by atoms with Crippen LogP contribution in [0.3, 0.4) is 0 Å². The molecule has 2 aliphatic heterocycles. The highest BCUT2D eigenvalue weighted by molar-refractivity contribution is 6.00. The Bertz CT molecular complexity index is 582. The first-order valence-corrected chi connectivity index (χ1v) is 8.80. The Morgan fingerprint density at radius 1 is 1.22 bits per heavy atom. The molecule has 23 heavy (non-hydrogen) atoms. The first-order chi connectivity index (χ1) is 11.1. The largest absolute Gasteiger partial charge is 0.340 e. The van der Waals surface area contributed by atoms with Crippen molar-refractivity contribution in [2.45, 2.75) is 52.0 Å². The number of carbonyl (C=O) groups excluding carboxylic acids is 2. The Morgan fingerprint density at radius 3 is 2.61 bits per heavy atom. The van der Waals surface area contributed by atoms with Crippen LogP contribution in [-0.4, -0.2) is 35.8 Å². The Hall–Kier alpha value is -1.84. The summed E-state index contributed by atoms with van der Waals surface area (Å²) in [6.07, 6.45) is 4.69. The fourth-order valence-corrected chi connectivity index (χ4v) is 3.69. The molecule has 2 fully saturated rings. The van der Waals surface area contributed by atoms with Crippen LogP contribution in [0.2, 0.25) is 0 Å². The number of likely N-dealkylation sites (tertiary alicyclic amines) is 1. The average molecular weight is 314 g/mol. The second-order valence-electron chi connectivity index (χ2n) is 6.80. The number of piperidine rings is 1. The summed E-state index contributed by atoms with van der Waals surface area (Å²) in [7, 11) is 0. The van der Waals surface area contributed by atoms with E-state index in [1.807, 2.05) is 17.0 Å². The number of nitrogens with zero attached hydrogens (tertiary/aromatic N) is 2. The van der Waals surface area contributed by atoms with Gasteiger partial charge in [-0.3, -0.25) is 9.59 Å². The summed E-state index contributed by atoms with van der Waals surface area (Å²) in [6.45, 7) is 5.60. The van der Waals surface area contributed by atoms with E-state index in [4.69, 9.17) is 0 Å². The summed E-state index contributed by atoms with van der Waals surface area (Å²) < 4.78 is 0. The molecule has 124 valence electrons. The number of hydrogen-bond acceptors (Lipinski definition) is 2. The molecular formula is C19H26N2O2. The van der Waals surface area contributed by atoms with Gasteiger partial charge in [0.05, 0.1) is 5.92 Å². The quantitative estimate of drug-likeness (QED) is 0.860. The van der Waals surface area contributed by atoms with E-state index in [2.05, 4.69) is 26.0 Å². The van der Waals surface area contributed by atoms with Crippen molar-refractivity contribution in [2.75, 3.05) is 18.0 Å². The molecule has 2 atom stereocenters. The van der Waals surface area contributed by atoms with Crippen molar-refractivity contribution in [1.82, 2.24) is 4.90 Å². The summed E-state index contributed by atoms with van der Waals surface area (Å²) in [4.78, 5) is 28.9. The summed E-state index contributed by atoms with van der Waals surface area (Å²) in [5, 5.41) is 0. The van der Waals surface area contributed by atoms with Crippen LogP contribution >= 0.6 is 0 Å². The van der Waals surface area contributed by atoms with Gasteiger partial charge >= 0.3 is 0 Å². The topological polar surface area (TPSA) is 40.6 Å². The number of carbonyl (C=O) groups is 2. The van der Waals surface area contributed by atoms with Crippen molar-refractivity contribution in [3.05, 3.63) is 29.8 Å². The van der Waals surface area contributed by atoms with Gasteiger partial charge in [-0.2, -0.15) is 0 Å². The summed E-state index contributed by atoms with van der Waals surface area (Å²) in [6, 6.07) is 8.42. The lowest BCUT2D eigenvalue weighted by atomic mass is 9.99. The molecule has 2 aliphatic rings.